The lowest BCUT2D eigenvalue weighted by molar-refractivity contribution is 1.08. The summed E-state index contributed by atoms with van der Waals surface area (Å²) in [5.74, 6) is 2.03. The van der Waals surface area contributed by atoms with Gasteiger partial charge in [-0.3, -0.25) is 0 Å². The maximum Gasteiger partial charge on any atom is 0.165 e. The fraction of sp³-hybridized carbons (Fsp3) is 0. The summed E-state index contributed by atoms with van der Waals surface area (Å²) < 4.78 is 2.49. The normalized spacial score (nSPS) is 12.1. The van der Waals surface area contributed by atoms with Gasteiger partial charge in [0.15, 0.2) is 17.5 Å². The fourth-order valence-electron chi connectivity index (χ4n) is 7.94. The molecule has 226 valence electrons. The van der Waals surface area contributed by atoms with Crippen molar-refractivity contribution >= 4 is 63.8 Å². The van der Waals surface area contributed by atoms with Crippen molar-refractivity contribution in [2.45, 2.75) is 0 Å². The number of rotatable bonds is 3. The van der Waals surface area contributed by atoms with Crippen LogP contribution in [0.4, 0.5) is 0 Å². The van der Waals surface area contributed by atoms with Gasteiger partial charge < -0.3 is 0 Å². The van der Waals surface area contributed by atoms with E-state index >= 15 is 0 Å². The zero-order valence-electron chi connectivity index (χ0n) is 26.2. The van der Waals surface area contributed by atoms with Crippen molar-refractivity contribution in [2.75, 3.05) is 0 Å². The molecule has 0 aliphatic heterocycles. The van der Waals surface area contributed by atoms with Crippen molar-refractivity contribution in [1.82, 2.24) is 15.0 Å². The smallest absolute Gasteiger partial charge is 0.165 e. The van der Waals surface area contributed by atoms with Gasteiger partial charge in [-0.15, -0.1) is 11.3 Å². The highest BCUT2D eigenvalue weighted by molar-refractivity contribution is 7.26. The predicted molar refractivity (Wildman–Crippen MR) is 206 cm³/mol. The van der Waals surface area contributed by atoms with E-state index in [2.05, 4.69) is 133 Å². The molecule has 11 rings (SSSR count). The van der Waals surface area contributed by atoms with Crippen LogP contribution in [0.25, 0.3) is 109 Å². The highest BCUT2D eigenvalue weighted by atomic mass is 32.1. The quantitative estimate of drug-likeness (QED) is 0.181. The minimum Gasteiger partial charge on any atom is -0.208 e. The summed E-state index contributed by atoms with van der Waals surface area (Å²) in [6, 6.07) is 54.1. The van der Waals surface area contributed by atoms with Crippen molar-refractivity contribution in [1.29, 1.82) is 0 Å². The number of aromatic nitrogens is 3. The second kappa shape index (κ2) is 10.1. The molecule has 8 aromatic carbocycles. The van der Waals surface area contributed by atoms with E-state index in [4.69, 9.17) is 15.0 Å². The summed E-state index contributed by atoms with van der Waals surface area (Å²) in [5.41, 5.74) is 7.96. The van der Waals surface area contributed by atoms with Crippen molar-refractivity contribution in [3.63, 3.8) is 0 Å². The first-order valence-electron chi connectivity index (χ1n) is 16.5. The Morgan fingerprint density at radius 2 is 1.00 bits per heavy atom. The summed E-state index contributed by atoms with van der Waals surface area (Å²) >= 11 is 1.84. The van der Waals surface area contributed by atoms with E-state index in [0.717, 1.165) is 27.5 Å². The molecule has 10 aromatic rings. The first-order chi connectivity index (χ1) is 24.3. The lowest BCUT2D eigenvalue weighted by Gasteiger charge is -2.15. The molecule has 0 radical (unpaired) electrons. The summed E-state index contributed by atoms with van der Waals surface area (Å²) in [5, 5.41) is 9.65. The average molecular weight is 640 g/mol. The predicted octanol–water partition coefficient (Wildman–Crippen LogP) is 12.3. The van der Waals surface area contributed by atoms with Crippen LogP contribution in [0.3, 0.4) is 0 Å². The highest BCUT2D eigenvalue weighted by Crippen LogP contribution is 2.55. The molecule has 0 spiro atoms. The van der Waals surface area contributed by atoms with Crippen molar-refractivity contribution in [3.05, 3.63) is 152 Å². The lowest BCUT2D eigenvalue weighted by atomic mass is 9.93. The number of hydrogen-bond donors (Lipinski definition) is 0. The molecule has 0 bridgehead atoms. The van der Waals surface area contributed by atoms with Crippen LogP contribution in [0.2, 0.25) is 0 Å². The Kier molecular flexibility index (Phi) is 5.54. The molecule has 49 heavy (non-hydrogen) atoms. The Balaban J connectivity index is 1.31. The molecule has 1 aliphatic rings. The Morgan fingerprint density at radius 1 is 0.347 bits per heavy atom. The van der Waals surface area contributed by atoms with Gasteiger partial charge in [-0.05, 0) is 67.2 Å². The molecule has 1 aliphatic carbocycles. The monoisotopic (exact) mass is 639 g/mol. The molecule has 0 atom stereocenters. The van der Waals surface area contributed by atoms with E-state index in [-0.39, 0.29) is 0 Å². The van der Waals surface area contributed by atoms with Crippen LogP contribution in [0.1, 0.15) is 0 Å². The topological polar surface area (TPSA) is 38.7 Å². The van der Waals surface area contributed by atoms with Gasteiger partial charge >= 0.3 is 0 Å². The van der Waals surface area contributed by atoms with Crippen LogP contribution < -0.4 is 0 Å². The number of nitrogens with zero attached hydrogens (tertiary/aromatic N) is 3. The maximum atomic E-state index is 5.48. The van der Waals surface area contributed by atoms with Gasteiger partial charge in [0.2, 0.25) is 0 Å². The Morgan fingerprint density at radius 3 is 1.86 bits per heavy atom. The third kappa shape index (κ3) is 3.86. The van der Waals surface area contributed by atoms with Gasteiger partial charge in [0.05, 0.1) is 0 Å². The Bertz CT molecular complexity index is 2990. The number of hydrogen-bond acceptors (Lipinski definition) is 4. The van der Waals surface area contributed by atoms with Crippen LogP contribution in [0, 0.1) is 0 Å². The van der Waals surface area contributed by atoms with Crippen LogP contribution in [-0.4, -0.2) is 15.0 Å². The van der Waals surface area contributed by atoms with Crippen LogP contribution in [0.5, 0.6) is 0 Å². The van der Waals surface area contributed by atoms with E-state index in [1.54, 1.807) is 0 Å². The van der Waals surface area contributed by atoms with Crippen LogP contribution in [-0.2, 0) is 0 Å². The summed E-state index contributed by atoms with van der Waals surface area (Å²) in [7, 11) is 0. The Hall–Kier alpha value is -6.23. The number of thiophene rings is 1. The van der Waals surface area contributed by atoms with Crippen molar-refractivity contribution in [2.24, 2.45) is 0 Å². The molecule has 4 heteroatoms. The largest absolute Gasteiger partial charge is 0.208 e. The van der Waals surface area contributed by atoms with E-state index < -0.39 is 0 Å². The molecular formula is C45H25N3S. The lowest BCUT2D eigenvalue weighted by Crippen LogP contribution is -2.02. The molecule has 0 saturated heterocycles. The average Bonchev–Trinajstić information content (AvgIpc) is 3.70. The molecule has 3 nitrogen and oxygen atoms in total. The van der Waals surface area contributed by atoms with Gasteiger partial charge in [-0.1, -0.05) is 133 Å². The molecule has 0 unspecified atom stereocenters. The van der Waals surface area contributed by atoms with Gasteiger partial charge in [0.25, 0.3) is 0 Å². The number of fused-ring (bicyclic) bond motifs is 9. The summed E-state index contributed by atoms with van der Waals surface area (Å²) in [6.45, 7) is 0. The zero-order valence-corrected chi connectivity index (χ0v) is 27.0. The second-order valence-corrected chi connectivity index (χ2v) is 13.8. The van der Waals surface area contributed by atoms with E-state index in [1.165, 1.54) is 64.0 Å². The molecule has 2 heterocycles. The van der Waals surface area contributed by atoms with E-state index in [0.29, 0.717) is 17.5 Å². The molecule has 0 saturated carbocycles. The summed E-state index contributed by atoms with van der Waals surface area (Å²) in [4.78, 5) is 16.1. The van der Waals surface area contributed by atoms with Crippen LogP contribution >= 0.6 is 11.3 Å². The third-order valence-electron chi connectivity index (χ3n) is 10.0. The summed E-state index contributed by atoms with van der Waals surface area (Å²) in [6.07, 6.45) is 0. The highest BCUT2D eigenvalue weighted by Gasteiger charge is 2.30. The Labute approximate surface area is 285 Å². The van der Waals surface area contributed by atoms with E-state index in [1.807, 2.05) is 29.5 Å². The zero-order chi connectivity index (χ0) is 32.1. The molecule has 0 amide bonds. The van der Waals surface area contributed by atoms with Crippen molar-refractivity contribution in [3.8, 4) is 56.4 Å². The first-order valence-corrected chi connectivity index (χ1v) is 17.4. The SMILES string of the molecule is c1ccc(-c2nc(-c3cc4ccccc4c4ccccc34)nc(-c3c4c(cc5sc6ccccc6c35)-c3cccc5cccc-4c35)n2)cc1. The second-order valence-electron chi connectivity index (χ2n) is 12.7. The minimum atomic E-state index is 0.664. The molecule has 2 aromatic heterocycles. The molecular weight excluding hydrogens is 615 g/mol. The van der Waals surface area contributed by atoms with Crippen LogP contribution in [0.15, 0.2) is 152 Å². The fourth-order valence-corrected chi connectivity index (χ4v) is 9.09. The van der Waals surface area contributed by atoms with Gasteiger partial charge in [-0.25, -0.2) is 15.0 Å². The third-order valence-corrected chi connectivity index (χ3v) is 11.1. The minimum absolute atomic E-state index is 0.664. The maximum absolute atomic E-state index is 5.48. The standard InChI is InChI=1S/C45H25N3S/c1-2-12-27(13-3-1)43-46-44(36-24-28-14-4-5-17-29(28)30-18-6-7-19-31(30)36)48-45(47-43)42-40-34-22-11-16-26-15-10-21-32(39(26)34)35(40)25-38-41(42)33-20-8-9-23-37(33)49-38/h1-25H. The van der Waals surface area contributed by atoms with Gasteiger partial charge in [-0.2, -0.15) is 0 Å². The number of benzene rings is 8. The first kappa shape index (κ1) is 26.8. The van der Waals surface area contributed by atoms with Crippen molar-refractivity contribution < 1.29 is 0 Å². The van der Waals surface area contributed by atoms with Gasteiger partial charge in [0, 0.05) is 42.4 Å². The molecule has 0 N–H and O–H groups in total. The molecule has 0 fully saturated rings. The van der Waals surface area contributed by atoms with E-state index in [9.17, 15) is 0 Å². The van der Waals surface area contributed by atoms with Gasteiger partial charge in [0.1, 0.15) is 0 Å².